The fourth-order valence-electron chi connectivity index (χ4n) is 6.19. The average Bonchev–Trinajstić information content (AvgIpc) is 3.21. The maximum absolute atomic E-state index is 14.2. The molecule has 0 aromatic heterocycles. The van der Waals surface area contributed by atoms with Crippen LogP contribution < -0.4 is 10.4 Å². The van der Waals surface area contributed by atoms with Gasteiger partial charge in [-0.1, -0.05) is 142 Å². The first kappa shape index (κ1) is 31.7. The van der Waals surface area contributed by atoms with Gasteiger partial charge in [0.1, 0.15) is 0 Å². The summed E-state index contributed by atoms with van der Waals surface area (Å²) in [7, 11) is -6.79. The molecule has 0 saturated heterocycles. The predicted octanol–water partition coefficient (Wildman–Crippen LogP) is 7.57. The maximum Gasteiger partial charge on any atom is 0.319 e. The summed E-state index contributed by atoms with van der Waals surface area (Å²) < 4.78 is 37.8. The molecule has 0 N–H and O–H groups in total. The fourth-order valence-corrected chi connectivity index (χ4v) is 12.1. The number of nitrogens with zero attached hydrogens (tertiary/aromatic N) is 1. The van der Waals surface area contributed by atoms with Crippen molar-refractivity contribution in [1.82, 2.24) is 4.31 Å². The van der Waals surface area contributed by atoms with Gasteiger partial charge in [-0.25, -0.2) is 8.42 Å². The Morgan fingerprint density at radius 2 is 1.32 bits per heavy atom. The highest BCUT2D eigenvalue weighted by atomic mass is 32.2. The molecule has 1 atom stereocenters. The smallest absolute Gasteiger partial charge is 0.319 e. The molecule has 0 fully saturated rings. The molecule has 4 aromatic rings. The molecule has 5 rings (SSSR count). The lowest BCUT2D eigenvalue weighted by Crippen LogP contribution is -2.66. The molecule has 44 heavy (non-hydrogen) atoms. The van der Waals surface area contributed by atoms with Gasteiger partial charge in [0.15, 0.2) is 0 Å². The van der Waals surface area contributed by atoms with Crippen LogP contribution in [0.2, 0.25) is 5.04 Å². The lowest BCUT2D eigenvalue weighted by atomic mass is 9.95. The third-order valence-corrected chi connectivity index (χ3v) is 15.5. The molecule has 4 nitrogen and oxygen atoms in total. The predicted molar refractivity (Wildman–Crippen MR) is 185 cm³/mol. The van der Waals surface area contributed by atoms with E-state index in [0.717, 1.165) is 28.0 Å². The Kier molecular flexibility index (Phi) is 9.17. The Balaban J connectivity index is 1.76. The van der Waals surface area contributed by atoms with Crippen molar-refractivity contribution in [3.63, 3.8) is 0 Å². The van der Waals surface area contributed by atoms with Crippen LogP contribution in [0.3, 0.4) is 0 Å². The van der Waals surface area contributed by atoms with Crippen LogP contribution in [-0.4, -0.2) is 34.1 Å². The Bertz CT molecular complexity index is 1690. The summed E-state index contributed by atoms with van der Waals surface area (Å²) in [6.07, 6.45) is 0.559. The van der Waals surface area contributed by atoms with Crippen LogP contribution in [0.15, 0.2) is 138 Å². The zero-order valence-electron chi connectivity index (χ0n) is 26.5. The first-order chi connectivity index (χ1) is 20.9. The largest absolute Gasteiger partial charge is 0.537 e. The Labute approximate surface area is 264 Å². The average molecular weight is 622 g/mol. The van der Waals surface area contributed by atoms with Crippen molar-refractivity contribution in [2.45, 2.75) is 51.0 Å². The number of hydrogen-bond acceptors (Lipinski definition) is 3. The second-order valence-electron chi connectivity index (χ2n) is 12.9. The molecule has 228 valence electrons. The van der Waals surface area contributed by atoms with E-state index in [1.165, 1.54) is 10.4 Å². The molecule has 0 amide bonds. The Morgan fingerprint density at radius 3 is 1.80 bits per heavy atom. The molecule has 0 radical (unpaired) electrons. The molecule has 0 aliphatic carbocycles. The van der Waals surface area contributed by atoms with E-state index in [1.807, 2.05) is 56.3 Å². The monoisotopic (exact) mass is 621 g/mol. The topological polar surface area (TPSA) is 46.6 Å². The summed E-state index contributed by atoms with van der Waals surface area (Å²) in [6.45, 7) is 15.6. The summed E-state index contributed by atoms with van der Waals surface area (Å²) >= 11 is 0. The van der Waals surface area contributed by atoms with Crippen molar-refractivity contribution in [3.05, 3.63) is 144 Å². The molecule has 4 aromatic carbocycles. The first-order valence-corrected chi connectivity index (χ1v) is 18.6. The van der Waals surface area contributed by atoms with Crippen molar-refractivity contribution >= 4 is 34.3 Å². The molecule has 0 unspecified atom stereocenters. The van der Waals surface area contributed by atoms with Gasteiger partial charge < -0.3 is 4.43 Å². The molecule has 1 aliphatic heterocycles. The zero-order chi connectivity index (χ0) is 31.5. The van der Waals surface area contributed by atoms with E-state index in [1.54, 1.807) is 16.4 Å². The van der Waals surface area contributed by atoms with Crippen molar-refractivity contribution in [2.24, 2.45) is 5.92 Å². The van der Waals surface area contributed by atoms with Gasteiger partial charge in [-0.05, 0) is 47.0 Å². The summed E-state index contributed by atoms with van der Waals surface area (Å²) in [4.78, 5) is 0.298. The first-order valence-electron chi connectivity index (χ1n) is 15.2. The summed E-state index contributed by atoms with van der Waals surface area (Å²) in [5.74, 6) is 0.727. The summed E-state index contributed by atoms with van der Waals surface area (Å²) in [6, 6.07) is 38.4. The van der Waals surface area contributed by atoms with E-state index in [-0.39, 0.29) is 17.5 Å². The Morgan fingerprint density at radius 1 is 0.818 bits per heavy atom. The van der Waals surface area contributed by atoms with Gasteiger partial charge in [-0.2, -0.15) is 4.31 Å². The molecular weight excluding hydrogens is 579 g/mol. The molecule has 0 bridgehead atoms. The van der Waals surface area contributed by atoms with Crippen molar-refractivity contribution in [2.75, 3.05) is 13.1 Å². The number of benzene rings is 4. The number of sulfonamides is 1. The second-order valence-corrected chi connectivity index (χ2v) is 19.1. The molecule has 1 aliphatic rings. The third-order valence-electron chi connectivity index (χ3n) is 8.70. The van der Waals surface area contributed by atoms with Crippen LogP contribution in [-0.2, 0) is 14.4 Å². The molecule has 1 heterocycles. The van der Waals surface area contributed by atoms with Gasteiger partial charge in [0.25, 0.3) is 0 Å². The lowest BCUT2D eigenvalue weighted by molar-refractivity contribution is 0.349. The standard InChI is InChI=1S/C38H43NO3SSi/c1-29(2)32-26-37(42-44(38(4,5)6,34-18-12-8-13-19-34)35-20-14-9-15-21-35)36(31-16-10-7-11-17-31)28-39(27-32)43(40,41)33-24-22-30(3)23-25-33/h7-25,32H,1,26-28H2,2-6H3/t32-/m1/s1. The van der Waals surface area contributed by atoms with E-state index < -0.39 is 18.3 Å². The van der Waals surface area contributed by atoms with E-state index in [0.29, 0.717) is 17.9 Å². The highest BCUT2D eigenvalue weighted by molar-refractivity contribution is 7.89. The minimum atomic E-state index is -3.80. The minimum Gasteiger partial charge on any atom is -0.537 e. The third kappa shape index (κ3) is 6.25. The number of aryl methyl sites for hydroxylation is 1. The highest BCUT2D eigenvalue weighted by Crippen LogP contribution is 2.42. The molecule has 0 spiro atoms. The fraction of sp³-hybridized carbons (Fsp3) is 0.263. The second kappa shape index (κ2) is 12.7. The van der Waals surface area contributed by atoms with E-state index in [4.69, 9.17) is 4.43 Å². The number of allylic oxidation sites excluding steroid dienone is 1. The summed E-state index contributed by atoms with van der Waals surface area (Å²) in [5, 5.41) is 2.11. The van der Waals surface area contributed by atoms with Crippen LogP contribution in [0.1, 0.15) is 45.2 Å². The zero-order valence-corrected chi connectivity index (χ0v) is 28.3. The minimum absolute atomic E-state index is 0.121. The van der Waals surface area contributed by atoms with Crippen LogP contribution in [0.25, 0.3) is 5.57 Å². The van der Waals surface area contributed by atoms with Gasteiger partial charge >= 0.3 is 8.32 Å². The van der Waals surface area contributed by atoms with Crippen molar-refractivity contribution < 1.29 is 12.8 Å². The van der Waals surface area contributed by atoms with Gasteiger partial charge in [0.2, 0.25) is 10.0 Å². The van der Waals surface area contributed by atoms with Crippen LogP contribution in [0.4, 0.5) is 0 Å². The van der Waals surface area contributed by atoms with Gasteiger partial charge in [0, 0.05) is 31.0 Å². The van der Waals surface area contributed by atoms with Crippen molar-refractivity contribution in [1.29, 1.82) is 0 Å². The molecule has 6 heteroatoms. The summed E-state index contributed by atoms with van der Waals surface area (Å²) in [5.41, 5.74) is 3.82. The molecular formula is C38H43NO3SSi. The quantitative estimate of drug-likeness (QED) is 0.151. The van der Waals surface area contributed by atoms with E-state index in [2.05, 4.69) is 88.0 Å². The normalized spacial score (nSPS) is 16.8. The number of hydrogen-bond donors (Lipinski definition) is 0. The van der Waals surface area contributed by atoms with Crippen LogP contribution in [0, 0.1) is 12.8 Å². The Hall–Kier alpha value is -3.71. The van der Waals surface area contributed by atoms with Gasteiger partial charge in [0.05, 0.1) is 10.7 Å². The van der Waals surface area contributed by atoms with Gasteiger partial charge in [-0.15, -0.1) is 0 Å². The van der Waals surface area contributed by atoms with E-state index in [9.17, 15) is 8.42 Å². The SMILES string of the molecule is C=C(C)[C@@H]1CC(O[Si](c2ccccc2)(c2ccccc2)C(C)(C)C)=C(c2ccccc2)CN(S(=O)(=O)c2ccc(C)cc2)C1. The molecule has 0 saturated carbocycles. The van der Waals surface area contributed by atoms with E-state index >= 15 is 0 Å². The highest BCUT2D eigenvalue weighted by Gasteiger charge is 2.53. The van der Waals surface area contributed by atoms with Crippen molar-refractivity contribution in [3.8, 4) is 0 Å². The number of rotatable bonds is 8. The van der Waals surface area contributed by atoms with Crippen LogP contribution in [0.5, 0.6) is 0 Å². The van der Waals surface area contributed by atoms with Gasteiger partial charge in [-0.3, -0.25) is 0 Å². The lowest BCUT2D eigenvalue weighted by Gasteiger charge is -2.44. The maximum atomic E-state index is 14.2. The van der Waals surface area contributed by atoms with Crippen LogP contribution >= 0.6 is 0 Å².